The van der Waals surface area contributed by atoms with Crippen molar-refractivity contribution in [3.63, 3.8) is 0 Å². The predicted octanol–water partition coefficient (Wildman–Crippen LogP) is 3.59. The second-order valence-corrected chi connectivity index (χ2v) is 6.21. The van der Waals surface area contributed by atoms with Crippen LogP contribution in [0.3, 0.4) is 0 Å². The largest absolute Gasteiger partial charge is 0.383 e. The second-order valence-electron chi connectivity index (χ2n) is 6.21. The summed E-state index contributed by atoms with van der Waals surface area (Å²) in [6.45, 7) is 7.31. The molecule has 0 spiro atoms. The first-order valence-corrected chi connectivity index (χ1v) is 8.01. The summed E-state index contributed by atoms with van der Waals surface area (Å²) in [5.74, 6) is 2.51. The van der Waals surface area contributed by atoms with Gasteiger partial charge in [0, 0.05) is 18.5 Å². The first-order valence-electron chi connectivity index (χ1n) is 8.01. The summed E-state index contributed by atoms with van der Waals surface area (Å²) in [6.07, 6.45) is 8.82. The molecule has 2 aromatic heterocycles. The quantitative estimate of drug-likeness (QED) is 0.934. The van der Waals surface area contributed by atoms with Crippen molar-refractivity contribution in [3.05, 3.63) is 18.3 Å². The predicted molar refractivity (Wildman–Crippen MR) is 85.1 cm³/mol. The van der Waals surface area contributed by atoms with Gasteiger partial charge in [-0.25, -0.2) is 9.97 Å². The van der Waals surface area contributed by atoms with E-state index < -0.39 is 0 Å². The lowest BCUT2D eigenvalue weighted by Gasteiger charge is -2.11. The van der Waals surface area contributed by atoms with Gasteiger partial charge in [0.05, 0.1) is 18.2 Å². The maximum atomic E-state index is 6.40. The minimum atomic E-state index is 0.351. The van der Waals surface area contributed by atoms with Gasteiger partial charge in [0.2, 0.25) is 0 Å². The van der Waals surface area contributed by atoms with Crippen LogP contribution in [0.5, 0.6) is 0 Å². The van der Waals surface area contributed by atoms with Crippen molar-refractivity contribution in [2.45, 2.75) is 65.0 Å². The molecule has 2 aromatic rings. The van der Waals surface area contributed by atoms with Crippen LogP contribution < -0.4 is 5.73 Å². The molecule has 0 amide bonds. The fourth-order valence-electron chi connectivity index (χ4n) is 3.40. The maximum absolute atomic E-state index is 6.40. The van der Waals surface area contributed by atoms with Crippen LogP contribution in [-0.2, 0) is 6.54 Å². The lowest BCUT2D eigenvalue weighted by Crippen LogP contribution is -2.08. The van der Waals surface area contributed by atoms with Gasteiger partial charge in [-0.2, -0.15) is 0 Å². The molecule has 0 atom stereocenters. The fourth-order valence-corrected chi connectivity index (χ4v) is 3.40. The van der Waals surface area contributed by atoms with E-state index >= 15 is 0 Å². The molecule has 5 nitrogen and oxygen atoms in total. The van der Waals surface area contributed by atoms with E-state index in [9.17, 15) is 0 Å². The van der Waals surface area contributed by atoms with Gasteiger partial charge in [-0.15, -0.1) is 0 Å². The van der Waals surface area contributed by atoms with Crippen LogP contribution in [0.4, 0.5) is 5.82 Å². The molecule has 1 aliphatic rings. The van der Waals surface area contributed by atoms with E-state index in [1.807, 2.05) is 12.5 Å². The molecule has 5 heteroatoms. The third kappa shape index (κ3) is 2.34. The third-order valence-corrected chi connectivity index (χ3v) is 4.54. The third-order valence-electron chi connectivity index (χ3n) is 4.54. The van der Waals surface area contributed by atoms with E-state index in [1.54, 1.807) is 0 Å². The maximum Gasteiger partial charge on any atom is 0.133 e. The Hall–Kier alpha value is -1.78. The zero-order valence-corrected chi connectivity index (χ0v) is 13.2. The Morgan fingerprint density at radius 3 is 2.67 bits per heavy atom. The zero-order valence-electron chi connectivity index (χ0n) is 13.2. The van der Waals surface area contributed by atoms with Crippen LogP contribution in [-0.4, -0.2) is 19.1 Å². The Balaban J connectivity index is 2.08. The first kappa shape index (κ1) is 14.2. The Morgan fingerprint density at radius 1 is 1.33 bits per heavy atom. The Bertz CT molecular complexity index is 617. The van der Waals surface area contributed by atoms with Crippen molar-refractivity contribution < 1.29 is 0 Å². The molecule has 1 saturated carbocycles. The monoisotopic (exact) mass is 287 g/mol. The summed E-state index contributed by atoms with van der Waals surface area (Å²) in [5, 5.41) is 0. The molecule has 21 heavy (non-hydrogen) atoms. The Kier molecular flexibility index (Phi) is 3.74. The van der Waals surface area contributed by atoms with Crippen molar-refractivity contribution in [1.29, 1.82) is 0 Å². The van der Waals surface area contributed by atoms with Crippen LogP contribution in [0.1, 0.15) is 64.2 Å². The van der Waals surface area contributed by atoms with Crippen LogP contribution >= 0.6 is 0 Å². The number of aromatic nitrogens is 4. The molecule has 0 aliphatic heterocycles. The summed E-state index contributed by atoms with van der Waals surface area (Å²) in [4.78, 5) is 9.21. The fraction of sp³-hybridized carbons (Fsp3) is 0.625. The normalized spacial score (nSPS) is 16.2. The van der Waals surface area contributed by atoms with Crippen LogP contribution in [0.2, 0.25) is 0 Å². The SMILES string of the molecule is CCn1c(C2CCCC2)nc(-c2cncn2C(C)C)c1N. The van der Waals surface area contributed by atoms with E-state index in [-0.39, 0.29) is 0 Å². The van der Waals surface area contributed by atoms with E-state index in [1.165, 1.54) is 31.5 Å². The average Bonchev–Trinajstić information content (AvgIpc) is 3.17. The zero-order chi connectivity index (χ0) is 15.0. The van der Waals surface area contributed by atoms with Gasteiger partial charge in [0.1, 0.15) is 17.3 Å². The van der Waals surface area contributed by atoms with Crippen LogP contribution in [0.25, 0.3) is 11.4 Å². The van der Waals surface area contributed by atoms with Crippen molar-refractivity contribution in [1.82, 2.24) is 19.1 Å². The Labute approximate surface area is 126 Å². The van der Waals surface area contributed by atoms with Gasteiger partial charge in [-0.05, 0) is 33.6 Å². The van der Waals surface area contributed by atoms with E-state index in [0.717, 1.165) is 23.8 Å². The standard InChI is InChI=1S/C16H25N5/c1-4-20-15(17)14(13-9-18-10-21(13)11(2)3)19-16(20)12-7-5-6-8-12/h9-12H,4-8,17H2,1-3H3. The second kappa shape index (κ2) is 5.54. The number of hydrogen-bond acceptors (Lipinski definition) is 3. The van der Waals surface area contributed by atoms with Crippen molar-refractivity contribution in [2.24, 2.45) is 0 Å². The molecule has 0 radical (unpaired) electrons. The highest BCUT2D eigenvalue weighted by atomic mass is 15.2. The smallest absolute Gasteiger partial charge is 0.133 e. The van der Waals surface area contributed by atoms with Crippen LogP contribution in [0, 0.1) is 0 Å². The Morgan fingerprint density at radius 2 is 2.05 bits per heavy atom. The summed E-state index contributed by atoms with van der Waals surface area (Å²) in [7, 11) is 0. The van der Waals surface area contributed by atoms with Crippen molar-refractivity contribution >= 4 is 5.82 Å². The van der Waals surface area contributed by atoms with Crippen molar-refractivity contribution in [2.75, 3.05) is 5.73 Å². The lowest BCUT2D eigenvalue weighted by molar-refractivity contribution is 0.601. The van der Waals surface area contributed by atoms with Gasteiger partial charge < -0.3 is 14.9 Å². The molecule has 114 valence electrons. The number of nitrogen functional groups attached to an aromatic ring is 1. The summed E-state index contributed by atoms with van der Waals surface area (Å²) in [6, 6.07) is 0.351. The minimum absolute atomic E-state index is 0.351. The molecule has 0 saturated heterocycles. The van der Waals surface area contributed by atoms with E-state index in [2.05, 4.69) is 34.9 Å². The van der Waals surface area contributed by atoms with Crippen LogP contribution in [0.15, 0.2) is 12.5 Å². The minimum Gasteiger partial charge on any atom is -0.383 e. The highest BCUT2D eigenvalue weighted by molar-refractivity contribution is 5.68. The highest BCUT2D eigenvalue weighted by Gasteiger charge is 2.26. The number of nitrogens with zero attached hydrogens (tertiary/aromatic N) is 4. The molecule has 1 fully saturated rings. The molecular weight excluding hydrogens is 262 g/mol. The van der Waals surface area contributed by atoms with E-state index in [4.69, 9.17) is 10.7 Å². The number of rotatable bonds is 4. The summed E-state index contributed by atoms with van der Waals surface area (Å²) >= 11 is 0. The molecule has 3 rings (SSSR count). The van der Waals surface area contributed by atoms with Gasteiger partial charge in [0.15, 0.2) is 0 Å². The number of nitrogens with two attached hydrogens (primary N) is 1. The molecule has 2 N–H and O–H groups in total. The molecular formula is C16H25N5. The lowest BCUT2D eigenvalue weighted by atomic mass is 10.1. The van der Waals surface area contributed by atoms with Gasteiger partial charge in [0.25, 0.3) is 0 Å². The number of imidazole rings is 2. The summed E-state index contributed by atoms with van der Waals surface area (Å²) < 4.78 is 4.32. The highest BCUT2D eigenvalue weighted by Crippen LogP contribution is 2.37. The average molecular weight is 287 g/mol. The van der Waals surface area contributed by atoms with Gasteiger partial charge >= 0.3 is 0 Å². The molecule has 0 bridgehead atoms. The van der Waals surface area contributed by atoms with Gasteiger partial charge in [-0.3, -0.25) is 0 Å². The first-order chi connectivity index (χ1) is 10.1. The molecule has 2 heterocycles. The molecule has 1 aliphatic carbocycles. The van der Waals surface area contributed by atoms with Crippen molar-refractivity contribution in [3.8, 4) is 11.4 Å². The summed E-state index contributed by atoms with van der Waals surface area (Å²) in [5.41, 5.74) is 8.32. The number of hydrogen-bond donors (Lipinski definition) is 1. The number of anilines is 1. The topological polar surface area (TPSA) is 61.7 Å². The van der Waals surface area contributed by atoms with E-state index in [0.29, 0.717) is 12.0 Å². The molecule has 0 aromatic carbocycles. The van der Waals surface area contributed by atoms with Gasteiger partial charge in [-0.1, -0.05) is 12.8 Å². The molecule has 0 unspecified atom stereocenters.